The largest absolute Gasteiger partial charge is 0.478 e. The van der Waals surface area contributed by atoms with Crippen LogP contribution >= 0.6 is 27.5 Å². The van der Waals surface area contributed by atoms with Crippen LogP contribution < -0.4 is 0 Å². The van der Waals surface area contributed by atoms with E-state index in [9.17, 15) is 9.90 Å². The van der Waals surface area contributed by atoms with Crippen LogP contribution in [0.15, 0.2) is 47.2 Å². The molecule has 0 fully saturated rings. The number of halogens is 2. The first-order chi connectivity index (χ1) is 9.58. The van der Waals surface area contributed by atoms with Crippen molar-refractivity contribution in [3.05, 3.63) is 57.8 Å². The number of benzene rings is 2. The number of imidazole rings is 1. The second kappa shape index (κ2) is 4.92. The molecule has 20 heavy (non-hydrogen) atoms. The Morgan fingerprint density at radius 3 is 2.80 bits per heavy atom. The lowest BCUT2D eigenvalue weighted by atomic mass is 10.2. The number of aromatic carboxylic acids is 1. The molecular formula is C14H8BrClN2O2. The average molecular weight is 352 g/mol. The van der Waals surface area contributed by atoms with E-state index in [4.69, 9.17) is 11.6 Å². The van der Waals surface area contributed by atoms with Crippen LogP contribution in [0.3, 0.4) is 0 Å². The Hall–Kier alpha value is -1.85. The zero-order valence-electron chi connectivity index (χ0n) is 10.0. The van der Waals surface area contributed by atoms with Gasteiger partial charge in [-0.15, -0.1) is 0 Å². The molecule has 0 saturated carbocycles. The molecule has 0 bridgehead atoms. The van der Waals surface area contributed by atoms with Gasteiger partial charge in [0.1, 0.15) is 6.33 Å². The number of fused-ring (bicyclic) bond motifs is 1. The van der Waals surface area contributed by atoms with Gasteiger partial charge in [-0.1, -0.05) is 17.7 Å². The van der Waals surface area contributed by atoms with Gasteiger partial charge in [-0.25, -0.2) is 9.78 Å². The highest BCUT2D eigenvalue weighted by atomic mass is 79.9. The van der Waals surface area contributed by atoms with Gasteiger partial charge in [0.25, 0.3) is 0 Å². The van der Waals surface area contributed by atoms with E-state index in [0.29, 0.717) is 16.1 Å². The molecule has 0 aliphatic heterocycles. The Morgan fingerprint density at radius 1 is 1.30 bits per heavy atom. The van der Waals surface area contributed by atoms with Crippen LogP contribution in [0.5, 0.6) is 0 Å². The predicted molar refractivity (Wildman–Crippen MR) is 80.7 cm³/mol. The van der Waals surface area contributed by atoms with Crippen LogP contribution in [0.4, 0.5) is 0 Å². The maximum atomic E-state index is 11.4. The number of carboxylic acids is 1. The number of para-hydroxylation sites is 1. The molecule has 3 rings (SSSR count). The van der Waals surface area contributed by atoms with Crippen LogP contribution in [0.2, 0.25) is 5.02 Å². The van der Waals surface area contributed by atoms with E-state index in [1.165, 1.54) is 0 Å². The van der Waals surface area contributed by atoms with E-state index >= 15 is 0 Å². The summed E-state index contributed by atoms with van der Waals surface area (Å²) in [4.78, 5) is 15.6. The second-order valence-electron chi connectivity index (χ2n) is 4.19. The number of carbonyl (C=O) groups is 1. The van der Waals surface area contributed by atoms with Gasteiger partial charge < -0.3 is 5.11 Å². The van der Waals surface area contributed by atoms with Crippen LogP contribution in [-0.2, 0) is 0 Å². The van der Waals surface area contributed by atoms with Crippen LogP contribution in [0.25, 0.3) is 16.7 Å². The molecule has 0 aliphatic rings. The van der Waals surface area contributed by atoms with Gasteiger partial charge in [-0.05, 0) is 46.3 Å². The molecule has 100 valence electrons. The fourth-order valence-corrected chi connectivity index (χ4v) is 2.97. The topological polar surface area (TPSA) is 55.1 Å². The quantitative estimate of drug-likeness (QED) is 0.755. The van der Waals surface area contributed by atoms with Crippen molar-refractivity contribution in [1.82, 2.24) is 9.55 Å². The maximum absolute atomic E-state index is 11.4. The van der Waals surface area contributed by atoms with Crippen molar-refractivity contribution in [3.8, 4) is 5.69 Å². The fraction of sp³-hybridized carbons (Fsp3) is 0. The third-order valence-corrected chi connectivity index (χ3v) is 3.84. The highest BCUT2D eigenvalue weighted by Gasteiger charge is 2.15. The Bertz CT molecular complexity index is 829. The zero-order valence-corrected chi connectivity index (χ0v) is 12.4. The van der Waals surface area contributed by atoms with E-state index < -0.39 is 5.97 Å². The first-order valence-electron chi connectivity index (χ1n) is 5.72. The Morgan fingerprint density at radius 2 is 2.10 bits per heavy atom. The Labute approximate surface area is 127 Å². The van der Waals surface area contributed by atoms with Gasteiger partial charge in [0.2, 0.25) is 0 Å². The van der Waals surface area contributed by atoms with Crippen molar-refractivity contribution < 1.29 is 9.90 Å². The molecular weight excluding hydrogens is 344 g/mol. The van der Waals surface area contributed by atoms with Crippen molar-refractivity contribution in [1.29, 1.82) is 0 Å². The summed E-state index contributed by atoms with van der Waals surface area (Å²) in [6.45, 7) is 0. The maximum Gasteiger partial charge on any atom is 0.337 e. The van der Waals surface area contributed by atoms with Crippen LogP contribution in [0, 0.1) is 0 Å². The van der Waals surface area contributed by atoms with Crippen molar-refractivity contribution in [2.45, 2.75) is 0 Å². The number of hydrogen-bond acceptors (Lipinski definition) is 2. The fourth-order valence-electron chi connectivity index (χ4n) is 2.10. The molecule has 6 heteroatoms. The van der Waals surface area contributed by atoms with Gasteiger partial charge in [-0.2, -0.15) is 0 Å². The van der Waals surface area contributed by atoms with E-state index in [-0.39, 0.29) is 5.56 Å². The second-order valence-corrected chi connectivity index (χ2v) is 5.48. The van der Waals surface area contributed by atoms with Crippen LogP contribution in [0.1, 0.15) is 10.4 Å². The van der Waals surface area contributed by atoms with Crippen molar-refractivity contribution in [2.75, 3.05) is 0 Å². The highest BCUT2D eigenvalue weighted by Crippen LogP contribution is 2.29. The number of carboxylic acid groups (broad SMARTS) is 1. The summed E-state index contributed by atoms with van der Waals surface area (Å²) in [6, 6.07) is 10.3. The van der Waals surface area contributed by atoms with E-state index in [2.05, 4.69) is 20.9 Å². The number of rotatable bonds is 2. The van der Waals surface area contributed by atoms with Crippen molar-refractivity contribution in [2.24, 2.45) is 0 Å². The van der Waals surface area contributed by atoms with Gasteiger partial charge in [0.15, 0.2) is 0 Å². The summed E-state index contributed by atoms with van der Waals surface area (Å²) >= 11 is 9.36. The number of nitrogens with zero attached hydrogens (tertiary/aromatic N) is 2. The first-order valence-corrected chi connectivity index (χ1v) is 6.90. The predicted octanol–water partition coefficient (Wildman–Crippen LogP) is 4.14. The van der Waals surface area contributed by atoms with Crippen molar-refractivity contribution in [3.63, 3.8) is 0 Å². The standard InChI is InChI=1S/C14H8BrClN2O2/c15-10-6-8(16)4-5-12(10)18-7-17-11-3-1-2-9(13(11)18)14(19)20/h1-7H,(H,19,20). The third kappa shape index (κ3) is 2.09. The summed E-state index contributed by atoms with van der Waals surface area (Å²) in [5.41, 5.74) is 2.18. The molecule has 2 aromatic carbocycles. The summed E-state index contributed by atoms with van der Waals surface area (Å²) in [5.74, 6) is -0.984. The zero-order chi connectivity index (χ0) is 14.3. The molecule has 3 aromatic rings. The highest BCUT2D eigenvalue weighted by molar-refractivity contribution is 9.10. The molecule has 0 saturated heterocycles. The molecule has 0 aliphatic carbocycles. The smallest absolute Gasteiger partial charge is 0.337 e. The van der Waals surface area contributed by atoms with E-state index in [0.717, 1.165) is 10.2 Å². The SMILES string of the molecule is O=C(O)c1cccc2ncn(-c3ccc(Cl)cc3Br)c12. The molecule has 1 aromatic heterocycles. The monoisotopic (exact) mass is 350 g/mol. The molecule has 0 radical (unpaired) electrons. The Balaban J connectivity index is 2.34. The van der Waals surface area contributed by atoms with Gasteiger partial charge >= 0.3 is 5.97 Å². The summed E-state index contributed by atoms with van der Waals surface area (Å²) in [5, 5.41) is 9.91. The van der Waals surface area contributed by atoms with Gasteiger partial charge in [-0.3, -0.25) is 4.57 Å². The lowest BCUT2D eigenvalue weighted by Crippen LogP contribution is -2.02. The molecule has 1 heterocycles. The van der Waals surface area contributed by atoms with E-state index in [1.807, 2.05) is 6.07 Å². The first kappa shape index (κ1) is 13.1. The lowest BCUT2D eigenvalue weighted by Gasteiger charge is -2.09. The minimum atomic E-state index is -0.984. The third-order valence-electron chi connectivity index (χ3n) is 2.97. The summed E-state index contributed by atoms with van der Waals surface area (Å²) in [6.07, 6.45) is 1.60. The molecule has 0 atom stereocenters. The lowest BCUT2D eigenvalue weighted by molar-refractivity contribution is 0.0698. The van der Waals surface area contributed by atoms with E-state index in [1.54, 1.807) is 41.2 Å². The molecule has 0 spiro atoms. The van der Waals surface area contributed by atoms with Crippen LogP contribution in [-0.4, -0.2) is 20.6 Å². The molecule has 0 amide bonds. The number of hydrogen-bond donors (Lipinski definition) is 1. The minimum absolute atomic E-state index is 0.210. The Kier molecular flexibility index (Phi) is 3.23. The molecule has 4 nitrogen and oxygen atoms in total. The van der Waals surface area contributed by atoms with Crippen molar-refractivity contribution >= 4 is 44.5 Å². The molecule has 1 N–H and O–H groups in total. The number of aromatic nitrogens is 2. The molecule has 0 unspecified atom stereocenters. The van der Waals surface area contributed by atoms with Gasteiger partial charge in [0.05, 0.1) is 22.3 Å². The average Bonchev–Trinajstić information content (AvgIpc) is 2.82. The normalized spacial score (nSPS) is 10.9. The summed E-state index contributed by atoms with van der Waals surface area (Å²) in [7, 11) is 0. The summed E-state index contributed by atoms with van der Waals surface area (Å²) < 4.78 is 2.50. The minimum Gasteiger partial charge on any atom is -0.478 e. The van der Waals surface area contributed by atoms with Gasteiger partial charge in [0, 0.05) is 9.50 Å².